The molecule has 0 atom stereocenters. The van der Waals surface area contributed by atoms with Gasteiger partial charge >= 0.3 is 5.69 Å². The molecule has 3 rings (SSSR count). The Kier molecular flexibility index (Phi) is 6.89. The summed E-state index contributed by atoms with van der Waals surface area (Å²) in [6.07, 6.45) is 3.60. The van der Waals surface area contributed by atoms with Crippen molar-refractivity contribution in [3.8, 4) is 11.5 Å². The summed E-state index contributed by atoms with van der Waals surface area (Å²) in [5, 5.41) is 18.2. The van der Waals surface area contributed by atoms with Crippen LogP contribution in [0.25, 0.3) is 0 Å². The van der Waals surface area contributed by atoms with Gasteiger partial charge in [-0.1, -0.05) is 18.2 Å². The van der Waals surface area contributed by atoms with E-state index in [9.17, 15) is 19.3 Å². The number of aromatic nitrogens is 2. The predicted molar refractivity (Wildman–Crippen MR) is 108 cm³/mol. The molecule has 0 radical (unpaired) electrons. The summed E-state index contributed by atoms with van der Waals surface area (Å²) in [5.41, 5.74) is 3.13. The summed E-state index contributed by atoms with van der Waals surface area (Å²) in [4.78, 5) is 21.9. The third kappa shape index (κ3) is 5.85. The second-order valence-corrected chi connectivity index (χ2v) is 6.24. The molecule has 10 nitrogen and oxygen atoms in total. The molecule has 0 saturated carbocycles. The molecule has 0 fully saturated rings. The van der Waals surface area contributed by atoms with Crippen LogP contribution in [0.15, 0.2) is 60.0 Å². The van der Waals surface area contributed by atoms with Crippen molar-refractivity contribution in [1.29, 1.82) is 0 Å². The van der Waals surface area contributed by atoms with Gasteiger partial charge in [0.05, 0.1) is 18.2 Å². The van der Waals surface area contributed by atoms with Crippen LogP contribution in [0.4, 0.5) is 10.1 Å². The Hall–Kier alpha value is -4.28. The maximum Gasteiger partial charge on any atom is 0.307 e. The van der Waals surface area contributed by atoms with Gasteiger partial charge in [-0.2, -0.15) is 10.2 Å². The topological polar surface area (TPSA) is 121 Å². The molecule has 160 valence electrons. The van der Waals surface area contributed by atoms with Gasteiger partial charge in [0.2, 0.25) is 0 Å². The summed E-state index contributed by atoms with van der Waals surface area (Å²) in [6, 6.07) is 11.3. The molecule has 31 heavy (non-hydrogen) atoms. The van der Waals surface area contributed by atoms with E-state index in [-0.39, 0.29) is 24.7 Å². The van der Waals surface area contributed by atoms with Gasteiger partial charge in [-0.15, -0.1) is 0 Å². The Morgan fingerprint density at radius 2 is 2.13 bits per heavy atom. The van der Waals surface area contributed by atoms with E-state index < -0.39 is 10.8 Å². The fourth-order valence-electron chi connectivity index (χ4n) is 2.55. The van der Waals surface area contributed by atoms with Gasteiger partial charge < -0.3 is 9.47 Å². The molecule has 0 aliphatic heterocycles. The molecule has 0 unspecified atom stereocenters. The molecular formula is C20H18FN5O5. The van der Waals surface area contributed by atoms with Crippen LogP contribution in [-0.2, 0) is 17.9 Å². The average molecular weight is 427 g/mol. The van der Waals surface area contributed by atoms with E-state index in [1.807, 2.05) is 0 Å². The van der Waals surface area contributed by atoms with Crippen LogP contribution in [0.1, 0.15) is 11.1 Å². The van der Waals surface area contributed by atoms with Gasteiger partial charge in [0.1, 0.15) is 31.4 Å². The minimum atomic E-state index is -0.601. The quantitative estimate of drug-likeness (QED) is 0.318. The number of nitrogens with one attached hydrogen (secondary N) is 1. The normalized spacial score (nSPS) is 10.8. The number of nitrogens with zero attached hydrogens (tertiary/aromatic N) is 4. The molecule has 1 heterocycles. The zero-order valence-electron chi connectivity index (χ0n) is 16.4. The van der Waals surface area contributed by atoms with E-state index in [1.54, 1.807) is 36.4 Å². The van der Waals surface area contributed by atoms with Crippen molar-refractivity contribution in [2.75, 3.05) is 7.11 Å². The Morgan fingerprint density at radius 1 is 1.32 bits per heavy atom. The average Bonchev–Trinajstić information content (AvgIpc) is 3.22. The lowest BCUT2D eigenvalue weighted by Gasteiger charge is -2.11. The Morgan fingerprint density at radius 3 is 2.84 bits per heavy atom. The highest BCUT2D eigenvalue weighted by molar-refractivity contribution is 5.83. The van der Waals surface area contributed by atoms with Crippen LogP contribution in [0.2, 0.25) is 0 Å². The van der Waals surface area contributed by atoms with Crippen molar-refractivity contribution >= 4 is 17.8 Å². The van der Waals surface area contributed by atoms with Gasteiger partial charge in [-0.05, 0) is 29.8 Å². The highest BCUT2D eigenvalue weighted by Crippen LogP contribution is 2.28. The van der Waals surface area contributed by atoms with Crippen LogP contribution >= 0.6 is 0 Å². The van der Waals surface area contributed by atoms with Gasteiger partial charge in [0, 0.05) is 5.56 Å². The maximum atomic E-state index is 13.7. The molecule has 1 N–H and O–H groups in total. The first-order valence-corrected chi connectivity index (χ1v) is 8.99. The summed E-state index contributed by atoms with van der Waals surface area (Å²) in [7, 11) is 1.47. The smallest absolute Gasteiger partial charge is 0.307 e. The highest BCUT2D eigenvalue weighted by Gasteiger charge is 2.11. The van der Waals surface area contributed by atoms with E-state index in [4.69, 9.17) is 9.47 Å². The molecule has 0 bridgehead atoms. The summed E-state index contributed by atoms with van der Waals surface area (Å²) in [6.45, 7) is -0.185. The molecule has 2 aromatic carbocycles. The van der Waals surface area contributed by atoms with Crippen molar-refractivity contribution in [3.63, 3.8) is 0 Å². The van der Waals surface area contributed by atoms with Crippen molar-refractivity contribution in [1.82, 2.24) is 15.2 Å². The first-order valence-electron chi connectivity index (χ1n) is 8.99. The third-order valence-corrected chi connectivity index (χ3v) is 4.07. The number of halogens is 1. The first kappa shape index (κ1) is 21.4. The van der Waals surface area contributed by atoms with Crippen LogP contribution in [0.5, 0.6) is 11.5 Å². The maximum absolute atomic E-state index is 13.7. The summed E-state index contributed by atoms with van der Waals surface area (Å²) >= 11 is 0. The number of hydrogen-bond donors (Lipinski definition) is 1. The van der Waals surface area contributed by atoms with Crippen molar-refractivity contribution in [2.45, 2.75) is 13.2 Å². The number of hydrogen-bond acceptors (Lipinski definition) is 7. The van der Waals surface area contributed by atoms with Crippen molar-refractivity contribution in [2.24, 2.45) is 5.10 Å². The number of nitro groups is 1. The Labute approximate surface area is 176 Å². The van der Waals surface area contributed by atoms with Gasteiger partial charge in [-0.25, -0.2) is 9.82 Å². The molecule has 0 saturated heterocycles. The fourth-order valence-corrected chi connectivity index (χ4v) is 2.55. The molecular weight excluding hydrogens is 409 g/mol. The third-order valence-electron chi connectivity index (χ3n) is 4.07. The number of carbonyl (C=O) groups excluding carboxylic acids is 1. The predicted octanol–water partition coefficient (Wildman–Crippen LogP) is 2.67. The first-order chi connectivity index (χ1) is 15.0. The van der Waals surface area contributed by atoms with Gasteiger partial charge in [0.15, 0.2) is 11.5 Å². The molecule has 11 heteroatoms. The zero-order chi connectivity index (χ0) is 22.2. The fraction of sp³-hybridized carbons (Fsp3) is 0.150. The molecule has 1 aromatic heterocycles. The lowest BCUT2D eigenvalue weighted by atomic mass is 10.2. The van der Waals surface area contributed by atoms with Gasteiger partial charge in [0.25, 0.3) is 5.91 Å². The van der Waals surface area contributed by atoms with E-state index >= 15 is 0 Å². The Balaban J connectivity index is 1.57. The second kappa shape index (κ2) is 9.96. The van der Waals surface area contributed by atoms with Crippen LogP contribution < -0.4 is 14.9 Å². The SMILES string of the molecule is COc1cc(C=NNC(=O)Cn2cc([N+](=O)[O-])cn2)ccc1OCc1ccccc1F. The summed E-state index contributed by atoms with van der Waals surface area (Å²) in [5.74, 6) is -0.0283. The highest BCUT2D eigenvalue weighted by atomic mass is 19.1. The Bertz CT molecular complexity index is 1110. The van der Waals surface area contributed by atoms with Crippen molar-refractivity contribution in [3.05, 3.63) is 81.9 Å². The van der Waals surface area contributed by atoms with E-state index in [0.29, 0.717) is 22.6 Å². The van der Waals surface area contributed by atoms with Crippen LogP contribution in [0, 0.1) is 15.9 Å². The van der Waals surface area contributed by atoms with Crippen LogP contribution in [-0.4, -0.2) is 33.9 Å². The van der Waals surface area contributed by atoms with Gasteiger partial charge in [-0.3, -0.25) is 19.6 Å². The summed E-state index contributed by atoms with van der Waals surface area (Å²) < 4.78 is 25.8. The number of carbonyl (C=O) groups is 1. The monoisotopic (exact) mass is 427 g/mol. The molecule has 0 spiro atoms. The lowest BCUT2D eigenvalue weighted by Crippen LogP contribution is -2.23. The molecule has 3 aromatic rings. The molecule has 1 amide bonds. The molecule has 0 aliphatic rings. The lowest BCUT2D eigenvalue weighted by molar-refractivity contribution is -0.385. The van der Waals surface area contributed by atoms with E-state index in [0.717, 1.165) is 17.1 Å². The number of methoxy groups -OCH3 is 1. The number of hydrazone groups is 1. The number of benzene rings is 2. The van der Waals surface area contributed by atoms with E-state index in [2.05, 4.69) is 15.6 Å². The number of ether oxygens (including phenoxy) is 2. The number of rotatable bonds is 9. The largest absolute Gasteiger partial charge is 0.493 e. The minimum Gasteiger partial charge on any atom is -0.493 e. The molecule has 0 aliphatic carbocycles. The zero-order valence-corrected chi connectivity index (χ0v) is 16.4. The minimum absolute atomic E-state index is 0.0398. The van der Waals surface area contributed by atoms with E-state index in [1.165, 1.54) is 19.4 Å². The standard InChI is InChI=1S/C20H18FN5O5/c1-30-19-8-14(6-7-18(19)31-13-15-4-2-3-5-17(15)21)9-22-24-20(27)12-25-11-16(10-23-25)26(28)29/h2-11H,12-13H2,1H3,(H,24,27). The second-order valence-electron chi connectivity index (χ2n) is 6.24. The van der Waals surface area contributed by atoms with Crippen LogP contribution in [0.3, 0.4) is 0 Å². The number of amides is 1. The van der Waals surface area contributed by atoms with Crippen molar-refractivity contribution < 1.29 is 23.6 Å².